The van der Waals surface area contributed by atoms with Gasteiger partial charge in [0.1, 0.15) is 5.76 Å². The molecule has 3 N–H and O–H groups in total. The summed E-state index contributed by atoms with van der Waals surface area (Å²) in [7, 11) is 0. The Bertz CT molecular complexity index is 483. The highest BCUT2D eigenvalue weighted by atomic mass is 16.3. The van der Waals surface area contributed by atoms with E-state index in [0.29, 0.717) is 19.5 Å². The average Bonchev–Trinajstić information content (AvgIpc) is 3.03. The van der Waals surface area contributed by atoms with Gasteiger partial charge in [0.05, 0.1) is 18.9 Å². The lowest BCUT2D eigenvalue weighted by Gasteiger charge is -2.38. The molecule has 0 saturated carbocycles. The highest BCUT2D eigenvalue weighted by Gasteiger charge is 2.33. The Kier molecular flexibility index (Phi) is 4.81. The van der Waals surface area contributed by atoms with E-state index in [1.807, 2.05) is 12.1 Å². The zero-order valence-electron chi connectivity index (χ0n) is 12.9. The topological polar surface area (TPSA) is 82.9 Å². The summed E-state index contributed by atoms with van der Waals surface area (Å²) in [4.78, 5) is 16.7. The van der Waals surface area contributed by atoms with Crippen molar-refractivity contribution in [2.75, 3.05) is 26.2 Å². The van der Waals surface area contributed by atoms with Crippen molar-refractivity contribution in [2.45, 2.75) is 38.0 Å². The summed E-state index contributed by atoms with van der Waals surface area (Å²) in [6.07, 6.45) is 3.54. The van der Waals surface area contributed by atoms with Crippen LogP contribution in [0.5, 0.6) is 0 Å². The van der Waals surface area contributed by atoms with E-state index in [0.717, 1.165) is 38.2 Å². The number of hydrogen-bond acceptors (Lipinski definition) is 5. The third-order valence-corrected chi connectivity index (χ3v) is 4.84. The van der Waals surface area contributed by atoms with E-state index >= 15 is 0 Å². The maximum Gasteiger partial charge on any atom is 0.225 e. The molecule has 1 aromatic heterocycles. The summed E-state index contributed by atoms with van der Waals surface area (Å²) < 4.78 is 5.37. The van der Waals surface area contributed by atoms with Crippen LogP contribution in [-0.4, -0.2) is 59.1 Å². The number of hydrogen-bond donors (Lipinski definition) is 2. The van der Waals surface area contributed by atoms with Crippen LogP contribution in [0.4, 0.5) is 0 Å². The lowest BCUT2D eigenvalue weighted by atomic mass is 9.93. The van der Waals surface area contributed by atoms with E-state index in [4.69, 9.17) is 10.2 Å². The summed E-state index contributed by atoms with van der Waals surface area (Å²) in [6.45, 7) is 3.68. The van der Waals surface area contributed by atoms with Crippen LogP contribution < -0.4 is 5.73 Å². The largest absolute Gasteiger partial charge is 0.468 e. The second-order valence-corrected chi connectivity index (χ2v) is 6.43. The number of β-amino-alcohol motifs (C(OH)–C–C–N with tert-alkyl or cyclic N) is 1. The Labute approximate surface area is 130 Å². The van der Waals surface area contributed by atoms with Crippen molar-refractivity contribution in [3.8, 4) is 0 Å². The Morgan fingerprint density at radius 2 is 2.09 bits per heavy atom. The van der Waals surface area contributed by atoms with Gasteiger partial charge in [-0.25, -0.2) is 0 Å². The molecule has 1 amide bonds. The van der Waals surface area contributed by atoms with E-state index in [1.54, 1.807) is 11.2 Å². The molecule has 2 saturated heterocycles. The zero-order chi connectivity index (χ0) is 15.5. The molecule has 1 aromatic rings. The van der Waals surface area contributed by atoms with Crippen molar-refractivity contribution in [3.05, 3.63) is 24.2 Å². The molecule has 0 radical (unpaired) electrons. The van der Waals surface area contributed by atoms with Crippen LogP contribution in [0.25, 0.3) is 0 Å². The highest BCUT2D eigenvalue weighted by Crippen LogP contribution is 2.23. The second kappa shape index (κ2) is 6.81. The fourth-order valence-electron chi connectivity index (χ4n) is 3.37. The number of carbonyl (C=O) groups is 1. The van der Waals surface area contributed by atoms with Gasteiger partial charge in [0.25, 0.3) is 0 Å². The Balaban J connectivity index is 1.47. The minimum absolute atomic E-state index is 0.0781. The van der Waals surface area contributed by atoms with Crippen LogP contribution in [0.3, 0.4) is 0 Å². The lowest BCUT2D eigenvalue weighted by molar-refractivity contribution is -0.140. The van der Waals surface area contributed by atoms with Crippen molar-refractivity contribution in [3.63, 3.8) is 0 Å². The molecule has 0 bridgehead atoms. The molecule has 22 heavy (non-hydrogen) atoms. The van der Waals surface area contributed by atoms with Crippen LogP contribution in [-0.2, 0) is 11.3 Å². The number of aliphatic hydroxyl groups is 1. The molecule has 0 aliphatic carbocycles. The predicted molar refractivity (Wildman–Crippen MR) is 81.9 cm³/mol. The Hall–Kier alpha value is -1.37. The molecule has 6 nitrogen and oxygen atoms in total. The lowest BCUT2D eigenvalue weighted by Crippen LogP contribution is -2.54. The van der Waals surface area contributed by atoms with Gasteiger partial charge in [-0.3, -0.25) is 9.69 Å². The molecule has 3 heterocycles. The molecular weight excluding hydrogens is 282 g/mol. The molecule has 2 aliphatic rings. The molecule has 2 atom stereocenters. The first-order chi connectivity index (χ1) is 10.6. The quantitative estimate of drug-likeness (QED) is 0.845. The molecule has 0 unspecified atom stereocenters. The first kappa shape index (κ1) is 15.5. The van der Waals surface area contributed by atoms with Crippen LogP contribution in [0.2, 0.25) is 0 Å². The average molecular weight is 307 g/mol. The number of piperidine rings is 2. The summed E-state index contributed by atoms with van der Waals surface area (Å²) in [5, 5.41) is 9.84. The summed E-state index contributed by atoms with van der Waals surface area (Å²) in [5.41, 5.74) is 5.80. The van der Waals surface area contributed by atoms with E-state index in [-0.39, 0.29) is 17.9 Å². The van der Waals surface area contributed by atoms with Gasteiger partial charge < -0.3 is 20.2 Å². The molecule has 2 aliphatic heterocycles. The third kappa shape index (κ3) is 3.51. The summed E-state index contributed by atoms with van der Waals surface area (Å²) >= 11 is 0. The normalized spacial score (nSPS) is 28.0. The third-order valence-electron chi connectivity index (χ3n) is 4.84. The standard InChI is InChI=1S/C16H25N3O3/c17-14-5-8-19(11-15(14)20)16(21)12-3-6-18(7-4-12)10-13-2-1-9-22-13/h1-2,9,12,14-15,20H,3-8,10-11,17H2/t14-,15-/m1/s1. The molecule has 122 valence electrons. The fraction of sp³-hybridized carbons (Fsp3) is 0.688. The van der Waals surface area contributed by atoms with Gasteiger partial charge in [-0.05, 0) is 44.5 Å². The van der Waals surface area contributed by atoms with Crippen molar-refractivity contribution >= 4 is 5.91 Å². The molecule has 2 fully saturated rings. The monoisotopic (exact) mass is 307 g/mol. The zero-order valence-corrected chi connectivity index (χ0v) is 12.9. The minimum Gasteiger partial charge on any atom is -0.468 e. The Morgan fingerprint density at radius 1 is 1.32 bits per heavy atom. The van der Waals surface area contributed by atoms with Gasteiger partial charge in [-0.2, -0.15) is 0 Å². The number of likely N-dealkylation sites (tertiary alicyclic amines) is 2. The SMILES string of the molecule is N[C@@H]1CCN(C(=O)C2CCN(Cc3ccco3)CC2)C[C@H]1O. The van der Waals surface area contributed by atoms with Crippen LogP contribution in [0.1, 0.15) is 25.0 Å². The van der Waals surface area contributed by atoms with Gasteiger partial charge in [0.2, 0.25) is 5.91 Å². The molecular formula is C16H25N3O3. The van der Waals surface area contributed by atoms with E-state index in [2.05, 4.69) is 4.90 Å². The minimum atomic E-state index is -0.586. The summed E-state index contributed by atoms with van der Waals surface area (Å²) in [6, 6.07) is 3.69. The maximum atomic E-state index is 12.6. The van der Waals surface area contributed by atoms with Crippen LogP contribution in [0, 0.1) is 5.92 Å². The number of rotatable bonds is 3. The molecule has 3 rings (SSSR count). The van der Waals surface area contributed by atoms with Crippen molar-refractivity contribution in [1.29, 1.82) is 0 Å². The number of aliphatic hydroxyl groups excluding tert-OH is 1. The highest BCUT2D eigenvalue weighted by molar-refractivity contribution is 5.79. The number of furan rings is 1. The smallest absolute Gasteiger partial charge is 0.225 e. The van der Waals surface area contributed by atoms with E-state index in [1.165, 1.54) is 0 Å². The van der Waals surface area contributed by atoms with Gasteiger partial charge in [0, 0.05) is 25.0 Å². The van der Waals surface area contributed by atoms with Gasteiger partial charge >= 0.3 is 0 Å². The van der Waals surface area contributed by atoms with Gasteiger partial charge in [0.15, 0.2) is 0 Å². The van der Waals surface area contributed by atoms with Gasteiger partial charge in [-0.1, -0.05) is 0 Å². The second-order valence-electron chi connectivity index (χ2n) is 6.43. The molecule has 0 spiro atoms. The van der Waals surface area contributed by atoms with Crippen molar-refractivity contribution < 1.29 is 14.3 Å². The van der Waals surface area contributed by atoms with E-state index < -0.39 is 6.10 Å². The molecule has 6 heteroatoms. The first-order valence-electron chi connectivity index (χ1n) is 8.10. The fourth-order valence-corrected chi connectivity index (χ4v) is 3.37. The van der Waals surface area contributed by atoms with Gasteiger partial charge in [-0.15, -0.1) is 0 Å². The number of amides is 1. The van der Waals surface area contributed by atoms with Crippen LogP contribution in [0.15, 0.2) is 22.8 Å². The first-order valence-corrected chi connectivity index (χ1v) is 8.10. The summed E-state index contributed by atoms with van der Waals surface area (Å²) in [5.74, 6) is 1.23. The number of nitrogens with two attached hydrogens (primary N) is 1. The van der Waals surface area contributed by atoms with E-state index in [9.17, 15) is 9.90 Å². The van der Waals surface area contributed by atoms with Crippen LogP contribution >= 0.6 is 0 Å². The Morgan fingerprint density at radius 3 is 2.73 bits per heavy atom. The van der Waals surface area contributed by atoms with Crippen molar-refractivity contribution in [1.82, 2.24) is 9.80 Å². The maximum absolute atomic E-state index is 12.6. The number of nitrogens with zero attached hydrogens (tertiary/aromatic N) is 2. The van der Waals surface area contributed by atoms with Crippen molar-refractivity contribution in [2.24, 2.45) is 11.7 Å². The predicted octanol–water partition coefficient (Wildman–Crippen LogP) is 0.412. The molecule has 0 aromatic carbocycles. The number of carbonyl (C=O) groups excluding carboxylic acids is 1.